The second kappa shape index (κ2) is 6.75. The fourth-order valence-corrected chi connectivity index (χ4v) is 2.47. The Kier molecular flexibility index (Phi) is 5.01. The van der Waals surface area contributed by atoms with E-state index in [4.69, 9.17) is 10.5 Å². The summed E-state index contributed by atoms with van der Waals surface area (Å²) in [5.74, 6) is 1.48. The van der Waals surface area contributed by atoms with Crippen LogP contribution in [0.15, 0.2) is 18.2 Å². The third-order valence-corrected chi connectivity index (χ3v) is 4.03. The Morgan fingerprint density at radius 2 is 2.20 bits per heavy atom. The summed E-state index contributed by atoms with van der Waals surface area (Å²) in [6.07, 6.45) is 1.46. The summed E-state index contributed by atoms with van der Waals surface area (Å²) in [7, 11) is 0. The maximum Gasteiger partial charge on any atom is 0.226 e. The summed E-state index contributed by atoms with van der Waals surface area (Å²) in [6.45, 7) is 6.88. The molecule has 0 saturated carbocycles. The summed E-state index contributed by atoms with van der Waals surface area (Å²) in [4.78, 5) is 13.9. The van der Waals surface area contributed by atoms with Crippen LogP contribution in [-0.2, 0) is 4.79 Å². The Labute approximate surface area is 120 Å². The Hall–Kier alpha value is -1.55. The molecule has 4 nitrogen and oxygen atoms in total. The highest BCUT2D eigenvalue weighted by Gasteiger charge is 2.24. The molecule has 1 fully saturated rings. The van der Waals surface area contributed by atoms with Gasteiger partial charge in [-0.3, -0.25) is 4.79 Å². The molecule has 20 heavy (non-hydrogen) atoms. The van der Waals surface area contributed by atoms with E-state index in [1.165, 1.54) is 11.1 Å². The number of nitrogens with zero attached hydrogens (tertiary/aromatic N) is 1. The van der Waals surface area contributed by atoms with Crippen LogP contribution in [0.1, 0.15) is 24.0 Å². The van der Waals surface area contributed by atoms with Crippen LogP contribution < -0.4 is 10.5 Å². The van der Waals surface area contributed by atoms with Crippen molar-refractivity contribution in [3.05, 3.63) is 29.3 Å². The van der Waals surface area contributed by atoms with Crippen molar-refractivity contribution in [2.24, 2.45) is 11.7 Å². The topological polar surface area (TPSA) is 55.6 Å². The molecule has 4 heteroatoms. The molecular formula is C16H24N2O2. The zero-order chi connectivity index (χ0) is 14.5. The zero-order valence-electron chi connectivity index (χ0n) is 12.4. The minimum atomic E-state index is 0.171. The van der Waals surface area contributed by atoms with Crippen LogP contribution in [0.2, 0.25) is 0 Å². The van der Waals surface area contributed by atoms with Gasteiger partial charge in [-0.05, 0) is 56.0 Å². The van der Waals surface area contributed by atoms with Crippen LogP contribution in [0.3, 0.4) is 0 Å². The molecule has 0 radical (unpaired) electrons. The highest BCUT2D eigenvalue weighted by Crippen LogP contribution is 2.18. The molecule has 1 atom stereocenters. The van der Waals surface area contributed by atoms with E-state index >= 15 is 0 Å². The number of nitrogens with two attached hydrogens (primary N) is 1. The molecular weight excluding hydrogens is 252 g/mol. The Morgan fingerprint density at radius 1 is 1.40 bits per heavy atom. The molecule has 1 aromatic carbocycles. The third kappa shape index (κ3) is 3.73. The smallest absolute Gasteiger partial charge is 0.226 e. The Balaban J connectivity index is 1.75. The quantitative estimate of drug-likeness (QED) is 0.893. The number of hydrogen-bond acceptors (Lipinski definition) is 3. The van der Waals surface area contributed by atoms with Crippen LogP contribution in [0, 0.1) is 19.8 Å². The largest absolute Gasteiger partial charge is 0.493 e. The summed E-state index contributed by atoms with van der Waals surface area (Å²) < 4.78 is 5.65. The van der Waals surface area contributed by atoms with Gasteiger partial charge in [0.2, 0.25) is 5.91 Å². The average Bonchev–Trinajstić information content (AvgIpc) is 2.91. The van der Waals surface area contributed by atoms with E-state index in [0.29, 0.717) is 25.5 Å². The number of likely N-dealkylation sites (tertiary alicyclic amines) is 1. The highest BCUT2D eigenvalue weighted by atomic mass is 16.5. The van der Waals surface area contributed by atoms with Gasteiger partial charge in [-0.15, -0.1) is 0 Å². The fraction of sp³-hybridized carbons (Fsp3) is 0.562. The predicted molar refractivity (Wildman–Crippen MR) is 79.8 cm³/mol. The van der Waals surface area contributed by atoms with Gasteiger partial charge in [0.15, 0.2) is 0 Å². The number of carbonyl (C=O) groups excluding carboxylic acids is 1. The normalized spacial score (nSPS) is 18.4. The van der Waals surface area contributed by atoms with Crippen molar-refractivity contribution < 1.29 is 9.53 Å². The van der Waals surface area contributed by atoms with Crippen molar-refractivity contribution in [1.82, 2.24) is 4.90 Å². The van der Waals surface area contributed by atoms with Gasteiger partial charge in [-0.25, -0.2) is 0 Å². The van der Waals surface area contributed by atoms with Gasteiger partial charge in [-0.1, -0.05) is 6.07 Å². The molecule has 1 aliphatic heterocycles. The maximum atomic E-state index is 12.0. The van der Waals surface area contributed by atoms with Gasteiger partial charge >= 0.3 is 0 Å². The lowest BCUT2D eigenvalue weighted by atomic mass is 10.1. The number of carbonyl (C=O) groups is 1. The molecule has 0 aromatic heterocycles. The summed E-state index contributed by atoms with van der Waals surface area (Å²) in [6, 6.07) is 6.01. The van der Waals surface area contributed by atoms with Crippen LogP contribution in [0.4, 0.5) is 0 Å². The number of rotatable bonds is 5. The second-order valence-corrected chi connectivity index (χ2v) is 5.57. The van der Waals surface area contributed by atoms with Crippen molar-refractivity contribution in [1.29, 1.82) is 0 Å². The first-order chi connectivity index (χ1) is 9.60. The lowest BCUT2D eigenvalue weighted by Crippen LogP contribution is -2.30. The first kappa shape index (κ1) is 14.9. The van der Waals surface area contributed by atoms with Gasteiger partial charge in [-0.2, -0.15) is 0 Å². The monoisotopic (exact) mass is 276 g/mol. The van der Waals surface area contributed by atoms with Crippen LogP contribution in [-0.4, -0.2) is 37.0 Å². The van der Waals surface area contributed by atoms with Gasteiger partial charge in [0.1, 0.15) is 5.75 Å². The van der Waals surface area contributed by atoms with Gasteiger partial charge < -0.3 is 15.4 Å². The Morgan fingerprint density at radius 3 is 2.85 bits per heavy atom. The lowest BCUT2D eigenvalue weighted by Gasteiger charge is -2.16. The van der Waals surface area contributed by atoms with Crippen LogP contribution in [0.5, 0.6) is 5.75 Å². The molecule has 1 saturated heterocycles. The molecule has 110 valence electrons. The van der Waals surface area contributed by atoms with E-state index in [1.54, 1.807) is 0 Å². The number of amides is 1. The standard InChI is InChI=1S/C16H24N2O2/c1-12-3-4-15(9-13(12)2)20-8-6-16(19)18-7-5-14(10-17)11-18/h3-4,9,14H,5-8,10-11,17H2,1-2H3/t14-/m0/s1. The molecule has 2 N–H and O–H groups in total. The SMILES string of the molecule is Cc1ccc(OCCC(=O)N2CC[C@@H](CN)C2)cc1C. The zero-order valence-corrected chi connectivity index (χ0v) is 12.4. The third-order valence-electron chi connectivity index (χ3n) is 4.03. The summed E-state index contributed by atoms with van der Waals surface area (Å²) in [5.41, 5.74) is 8.09. The number of benzene rings is 1. The number of hydrogen-bond donors (Lipinski definition) is 1. The first-order valence-electron chi connectivity index (χ1n) is 7.28. The van der Waals surface area contributed by atoms with Crippen LogP contribution in [0.25, 0.3) is 0 Å². The van der Waals surface area contributed by atoms with E-state index < -0.39 is 0 Å². The molecule has 0 unspecified atom stereocenters. The molecule has 1 aliphatic rings. The Bertz CT molecular complexity index is 474. The van der Waals surface area contributed by atoms with E-state index in [0.717, 1.165) is 25.3 Å². The molecule has 1 amide bonds. The molecule has 1 heterocycles. The van der Waals surface area contributed by atoms with Crippen molar-refractivity contribution in [2.75, 3.05) is 26.2 Å². The van der Waals surface area contributed by atoms with E-state index in [9.17, 15) is 4.79 Å². The highest BCUT2D eigenvalue weighted by molar-refractivity contribution is 5.76. The number of ether oxygens (including phenoxy) is 1. The molecule has 0 spiro atoms. The van der Waals surface area contributed by atoms with E-state index in [2.05, 4.69) is 13.8 Å². The van der Waals surface area contributed by atoms with Crippen molar-refractivity contribution in [3.63, 3.8) is 0 Å². The molecule has 0 aliphatic carbocycles. The summed E-state index contributed by atoms with van der Waals surface area (Å²) >= 11 is 0. The van der Waals surface area contributed by atoms with Gasteiger partial charge in [0, 0.05) is 13.1 Å². The minimum absolute atomic E-state index is 0.171. The van der Waals surface area contributed by atoms with Crippen LogP contribution >= 0.6 is 0 Å². The first-order valence-corrected chi connectivity index (χ1v) is 7.28. The molecule has 1 aromatic rings. The fourth-order valence-electron chi connectivity index (χ4n) is 2.47. The maximum absolute atomic E-state index is 12.0. The van der Waals surface area contributed by atoms with Gasteiger partial charge in [0.05, 0.1) is 13.0 Å². The molecule has 2 rings (SSSR count). The van der Waals surface area contributed by atoms with Crippen molar-refractivity contribution in [2.45, 2.75) is 26.7 Å². The van der Waals surface area contributed by atoms with Crippen molar-refractivity contribution in [3.8, 4) is 5.75 Å². The van der Waals surface area contributed by atoms with Gasteiger partial charge in [0.25, 0.3) is 0 Å². The van der Waals surface area contributed by atoms with Crippen molar-refractivity contribution >= 4 is 5.91 Å². The predicted octanol–water partition coefficient (Wildman–Crippen LogP) is 1.88. The minimum Gasteiger partial charge on any atom is -0.493 e. The average molecular weight is 276 g/mol. The summed E-state index contributed by atoms with van der Waals surface area (Å²) in [5, 5.41) is 0. The van der Waals surface area contributed by atoms with E-state index in [-0.39, 0.29) is 5.91 Å². The lowest BCUT2D eigenvalue weighted by molar-refractivity contribution is -0.130. The van der Waals surface area contributed by atoms with E-state index in [1.807, 2.05) is 23.1 Å². The molecule has 0 bridgehead atoms. The number of aryl methyl sites for hydroxylation is 2. The second-order valence-electron chi connectivity index (χ2n) is 5.57.